The van der Waals surface area contributed by atoms with E-state index in [1.165, 1.54) is 11.8 Å². The van der Waals surface area contributed by atoms with Gasteiger partial charge in [-0.25, -0.2) is 9.78 Å². The number of pyridine rings is 1. The van der Waals surface area contributed by atoms with Crippen LogP contribution in [0.4, 0.5) is 5.69 Å². The molecule has 8 nitrogen and oxygen atoms in total. The van der Waals surface area contributed by atoms with Crippen LogP contribution in [0.2, 0.25) is 0 Å². The number of azo groups is 1. The first-order chi connectivity index (χ1) is 15.1. The maximum atomic E-state index is 11.6. The number of thiocarbonyl (C=S) groups is 1. The van der Waals surface area contributed by atoms with E-state index in [9.17, 15) is 15.0 Å². The summed E-state index contributed by atoms with van der Waals surface area (Å²) in [6.45, 7) is 5.93. The molecule has 1 aromatic carbocycles. The molecule has 2 aromatic heterocycles. The van der Waals surface area contributed by atoms with E-state index in [-0.39, 0.29) is 16.6 Å². The number of benzene rings is 1. The zero-order valence-corrected chi connectivity index (χ0v) is 19.3. The van der Waals surface area contributed by atoms with Crippen molar-refractivity contribution in [3.8, 4) is 5.88 Å². The van der Waals surface area contributed by atoms with Gasteiger partial charge in [0.2, 0.25) is 11.0 Å². The summed E-state index contributed by atoms with van der Waals surface area (Å²) in [4.78, 5) is 15.8. The van der Waals surface area contributed by atoms with Crippen LogP contribution in [-0.2, 0) is 5.54 Å². The monoisotopic (exact) mass is 467 g/mol. The molecule has 0 saturated heterocycles. The summed E-state index contributed by atoms with van der Waals surface area (Å²) in [5, 5.41) is 29.4. The Morgan fingerprint density at radius 3 is 2.81 bits per heavy atom. The molecule has 3 aromatic rings. The third kappa shape index (κ3) is 3.76. The number of nitrogens with two attached hydrogens (primary N) is 1. The van der Waals surface area contributed by atoms with Gasteiger partial charge in [0.25, 0.3) is 0 Å². The van der Waals surface area contributed by atoms with Crippen LogP contribution >= 0.6 is 24.0 Å². The van der Waals surface area contributed by atoms with Crippen LogP contribution in [0, 0.1) is 6.92 Å². The molecule has 0 aliphatic carbocycles. The lowest BCUT2D eigenvalue weighted by molar-refractivity contribution is 0.0692. The summed E-state index contributed by atoms with van der Waals surface area (Å²) < 4.78 is 1.82. The van der Waals surface area contributed by atoms with E-state index in [1.807, 2.05) is 37.5 Å². The van der Waals surface area contributed by atoms with Gasteiger partial charge in [0.15, 0.2) is 5.69 Å². The number of aromatic carboxylic acids is 1. The smallest absolute Gasteiger partial charge is 0.338 e. The van der Waals surface area contributed by atoms with Crippen LogP contribution in [0.25, 0.3) is 16.5 Å². The largest absolute Gasteiger partial charge is 0.493 e. The Kier molecular flexibility index (Phi) is 5.51. The van der Waals surface area contributed by atoms with Gasteiger partial charge in [-0.15, -0.1) is 22.0 Å². The third-order valence-electron chi connectivity index (χ3n) is 5.22. The average Bonchev–Trinajstić information content (AvgIpc) is 3.00. The highest BCUT2D eigenvalue weighted by atomic mass is 32.2. The summed E-state index contributed by atoms with van der Waals surface area (Å²) >= 11 is 6.17. The molecule has 4 rings (SSSR count). The zero-order valence-electron chi connectivity index (χ0n) is 17.7. The molecule has 32 heavy (non-hydrogen) atoms. The minimum Gasteiger partial charge on any atom is -0.493 e. The summed E-state index contributed by atoms with van der Waals surface area (Å²) in [7, 11) is 0. The lowest BCUT2D eigenvalue weighted by Gasteiger charge is -2.32. The van der Waals surface area contributed by atoms with Gasteiger partial charge in [-0.2, -0.15) is 0 Å². The number of thioether (sulfide) groups is 1. The van der Waals surface area contributed by atoms with Gasteiger partial charge in [0.1, 0.15) is 5.03 Å². The predicted molar refractivity (Wildman–Crippen MR) is 129 cm³/mol. The number of rotatable bonds is 5. The summed E-state index contributed by atoms with van der Waals surface area (Å²) in [6, 6.07) is 7.14. The molecule has 0 fully saturated rings. The number of aromatic hydroxyl groups is 1. The van der Waals surface area contributed by atoms with Gasteiger partial charge in [-0.1, -0.05) is 6.08 Å². The number of nitrogens with zero attached hydrogens (tertiary/aromatic N) is 4. The van der Waals surface area contributed by atoms with E-state index in [4.69, 9.17) is 18.0 Å². The molecule has 10 heteroatoms. The van der Waals surface area contributed by atoms with Gasteiger partial charge in [0, 0.05) is 22.9 Å². The number of aromatic nitrogens is 2. The second-order valence-corrected chi connectivity index (χ2v) is 9.41. The van der Waals surface area contributed by atoms with E-state index in [0.717, 1.165) is 27.6 Å². The average molecular weight is 468 g/mol. The van der Waals surface area contributed by atoms with Crippen molar-refractivity contribution in [1.29, 1.82) is 0 Å². The van der Waals surface area contributed by atoms with Gasteiger partial charge >= 0.3 is 5.97 Å². The maximum absolute atomic E-state index is 11.6. The highest BCUT2D eigenvalue weighted by Gasteiger charge is 2.33. The van der Waals surface area contributed by atoms with E-state index in [0.29, 0.717) is 16.5 Å². The Labute approximate surface area is 193 Å². The Hall–Kier alpha value is -3.24. The number of carboxylic acid groups (broad SMARTS) is 1. The number of hydrogen-bond acceptors (Lipinski definition) is 6. The first kappa shape index (κ1) is 22.0. The quantitative estimate of drug-likeness (QED) is 0.274. The van der Waals surface area contributed by atoms with E-state index in [1.54, 1.807) is 18.3 Å². The molecule has 0 bridgehead atoms. The van der Waals surface area contributed by atoms with Crippen molar-refractivity contribution in [3.05, 3.63) is 53.2 Å². The van der Waals surface area contributed by atoms with Crippen LogP contribution in [0.15, 0.2) is 51.8 Å². The predicted octanol–water partition coefficient (Wildman–Crippen LogP) is 5.00. The molecule has 0 spiro atoms. The first-order valence-electron chi connectivity index (χ1n) is 9.73. The molecule has 0 saturated carbocycles. The highest BCUT2D eigenvalue weighted by molar-refractivity contribution is 7.99. The minimum atomic E-state index is -1.01. The van der Waals surface area contributed by atoms with Crippen LogP contribution in [0.1, 0.15) is 35.3 Å². The molecule has 1 aliphatic heterocycles. The molecule has 164 valence electrons. The standard InChI is InChI=1S/C22H21N5O3S2/c1-11-7-14-12(10-32-18-13(20(29)30)5-4-6-24-18)9-22(2,3)27-17(14)15(8-11)16(19(27)28)25-26-21(23)31/h4-9,28H,10H2,1-3H3,(H2,23,31)(H,29,30). The van der Waals surface area contributed by atoms with E-state index >= 15 is 0 Å². The molecule has 0 atom stereocenters. The number of carbonyl (C=O) groups is 1. The van der Waals surface area contributed by atoms with E-state index in [2.05, 4.69) is 21.3 Å². The minimum absolute atomic E-state index is 0.0160. The fraction of sp³-hybridized carbons (Fsp3) is 0.227. The SMILES string of the molecule is Cc1cc2c3c(c1)c(N=NC(N)=S)c(O)n3C(C)(C)C=C2CSc1ncccc1C(=O)O. The molecule has 3 heterocycles. The Bertz CT molecular complexity index is 1340. The summed E-state index contributed by atoms with van der Waals surface area (Å²) in [5.74, 6) is -0.518. The van der Waals surface area contributed by atoms with Gasteiger partial charge < -0.3 is 20.5 Å². The summed E-state index contributed by atoms with van der Waals surface area (Å²) in [6.07, 6.45) is 3.65. The van der Waals surface area contributed by atoms with Gasteiger partial charge in [-0.3, -0.25) is 0 Å². The number of carboxylic acids is 1. The number of aryl methyl sites for hydroxylation is 1. The van der Waals surface area contributed by atoms with Crippen molar-refractivity contribution >= 4 is 57.2 Å². The molecule has 4 N–H and O–H groups in total. The van der Waals surface area contributed by atoms with Crippen molar-refractivity contribution in [2.24, 2.45) is 16.0 Å². The molecule has 0 radical (unpaired) electrons. The van der Waals surface area contributed by atoms with Crippen LogP contribution < -0.4 is 5.73 Å². The van der Waals surface area contributed by atoms with Crippen molar-refractivity contribution in [1.82, 2.24) is 9.55 Å². The third-order valence-corrected chi connectivity index (χ3v) is 6.36. The number of allylic oxidation sites excluding steroid dienone is 1. The van der Waals surface area contributed by atoms with Crippen LogP contribution in [-0.4, -0.2) is 36.6 Å². The number of hydrogen-bond donors (Lipinski definition) is 3. The molecule has 0 unspecified atom stereocenters. The fourth-order valence-electron chi connectivity index (χ4n) is 4.04. The van der Waals surface area contributed by atoms with Crippen LogP contribution in [0.3, 0.4) is 0 Å². The van der Waals surface area contributed by atoms with Gasteiger partial charge in [0.05, 0.1) is 16.6 Å². The fourth-order valence-corrected chi connectivity index (χ4v) is 5.06. The molecule has 0 amide bonds. The van der Waals surface area contributed by atoms with E-state index < -0.39 is 11.5 Å². The second kappa shape index (κ2) is 8.03. The molecule has 1 aliphatic rings. The van der Waals surface area contributed by atoms with Gasteiger partial charge in [-0.05, 0) is 68.4 Å². The highest BCUT2D eigenvalue weighted by Crippen LogP contribution is 2.49. The molecular formula is C22H21N5O3S2. The second-order valence-electron chi connectivity index (χ2n) is 8.03. The van der Waals surface area contributed by atoms with Crippen molar-refractivity contribution in [3.63, 3.8) is 0 Å². The Balaban J connectivity index is 1.84. The molecular weight excluding hydrogens is 446 g/mol. The van der Waals surface area contributed by atoms with Crippen molar-refractivity contribution in [2.75, 3.05) is 5.75 Å². The lowest BCUT2D eigenvalue weighted by atomic mass is 9.91. The summed E-state index contributed by atoms with van der Waals surface area (Å²) in [5.41, 5.74) is 9.14. The lowest BCUT2D eigenvalue weighted by Crippen LogP contribution is -2.27. The maximum Gasteiger partial charge on any atom is 0.338 e. The zero-order chi connectivity index (χ0) is 23.2. The first-order valence-corrected chi connectivity index (χ1v) is 11.1. The van der Waals surface area contributed by atoms with Crippen molar-refractivity contribution < 1.29 is 15.0 Å². The normalized spacial score (nSPS) is 14.7. The Morgan fingerprint density at radius 2 is 2.12 bits per heavy atom. The topological polar surface area (TPSA) is 126 Å². The Morgan fingerprint density at radius 1 is 1.38 bits per heavy atom. The van der Waals surface area contributed by atoms with Crippen molar-refractivity contribution in [2.45, 2.75) is 31.3 Å². The van der Waals surface area contributed by atoms with Crippen LogP contribution in [0.5, 0.6) is 5.88 Å².